The second-order valence-electron chi connectivity index (χ2n) is 4.81. The van der Waals surface area contributed by atoms with Crippen LogP contribution >= 0.6 is 15.9 Å². The molecular formula is C15H17BrN4O. The third kappa shape index (κ3) is 3.52. The third-order valence-corrected chi connectivity index (χ3v) is 4.16. The standard InChI is InChI=1S/C15H17BrN4O/c1-10-6-7-18-15(13(10)16)20(2)9-11-4-3-5-12(8-11)14(17)19-21/h3-8,21H,9H2,1-2H3,(H2,17,19). The minimum atomic E-state index is 0.106. The second-order valence-corrected chi connectivity index (χ2v) is 5.60. The van der Waals surface area contributed by atoms with E-state index in [4.69, 9.17) is 10.9 Å². The monoisotopic (exact) mass is 348 g/mol. The number of anilines is 1. The van der Waals surface area contributed by atoms with E-state index < -0.39 is 0 Å². The van der Waals surface area contributed by atoms with E-state index in [2.05, 4.69) is 26.1 Å². The van der Waals surface area contributed by atoms with Crippen LogP contribution in [0.3, 0.4) is 0 Å². The summed E-state index contributed by atoms with van der Waals surface area (Å²) in [4.78, 5) is 6.44. The van der Waals surface area contributed by atoms with Gasteiger partial charge in [0.1, 0.15) is 5.82 Å². The van der Waals surface area contributed by atoms with Gasteiger partial charge in [0, 0.05) is 25.4 Å². The molecule has 0 fully saturated rings. The van der Waals surface area contributed by atoms with E-state index in [0.717, 1.165) is 21.4 Å². The molecule has 0 bridgehead atoms. The molecule has 1 aromatic carbocycles. The van der Waals surface area contributed by atoms with Gasteiger partial charge in [0.15, 0.2) is 5.84 Å². The summed E-state index contributed by atoms with van der Waals surface area (Å²) in [5.41, 5.74) is 8.50. The molecule has 1 aromatic heterocycles. The van der Waals surface area contributed by atoms with E-state index in [0.29, 0.717) is 12.1 Å². The Bertz CT molecular complexity index is 672. The Morgan fingerprint density at radius 1 is 1.43 bits per heavy atom. The van der Waals surface area contributed by atoms with Crippen molar-refractivity contribution in [3.05, 3.63) is 57.7 Å². The van der Waals surface area contributed by atoms with Crippen LogP contribution in [0.2, 0.25) is 0 Å². The first-order valence-corrected chi connectivity index (χ1v) is 7.21. The molecule has 0 amide bonds. The Kier molecular flexibility index (Phi) is 4.80. The molecule has 5 nitrogen and oxygen atoms in total. The molecule has 0 saturated carbocycles. The number of hydrogen-bond donors (Lipinski definition) is 2. The van der Waals surface area contributed by atoms with Crippen molar-refractivity contribution in [2.45, 2.75) is 13.5 Å². The zero-order chi connectivity index (χ0) is 15.4. The Hall–Kier alpha value is -2.08. The Labute approximate surface area is 132 Å². The number of rotatable bonds is 4. The number of nitrogens with zero attached hydrogens (tertiary/aromatic N) is 3. The summed E-state index contributed by atoms with van der Waals surface area (Å²) in [6, 6.07) is 9.54. The fraction of sp³-hybridized carbons (Fsp3) is 0.200. The fourth-order valence-corrected chi connectivity index (χ4v) is 2.56. The molecule has 0 aliphatic rings. The number of halogens is 1. The van der Waals surface area contributed by atoms with Gasteiger partial charge in [-0.15, -0.1) is 0 Å². The summed E-state index contributed by atoms with van der Waals surface area (Å²) in [7, 11) is 1.97. The van der Waals surface area contributed by atoms with Gasteiger partial charge in [-0.25, -0.2) is 4.98 Å². The molecule has 6 heteroatoms. The number of amidine groups is 1. The molecule has 2 rings (SSSR count). The molecule has 0 aliphatic carbocycles. The quantitative estimate of drug-likeness (QED) is 0.385. The van der Waals surface area contributed by atoms with Crippen molar-refractivity contribution in [1.82, 2.24) is 4.98 Å². The highest BCUT2D eigenvalue weighted by Gasteiger charge is 2.10. The van der Waals surface area contributed by atoms with Gasteiger partial charge in [0.25, 0.3) is 0 Å². The lowest BCUT2D eigenvalue weighted by Gasteiger charge is -2.20. The maximum absolute atomic E-state index is 8.74. The van der Waals surface area contributed by atoms with Gasteiger partial charge in [0.2, 0.25) is 0 Å². The van der Waals surface area contributed by atoms with Crippen molar-refractivity contribution in [2.75, 3.05) is 11.9 Å². The van der Waals surface area contributed by atoms with E-state index in [1.165, 1.54) is 0 Å². The molecule has 0 spiro atoms. The van der Waals surface area contributed by atoms with Crippen molar-refractivity contribution < 1.29 is 5.21 Å². The van der Waals surface area contributed by atoms with Gasteiger partial charge in [-0.3, -0.25) is 0 Å². The molecule has 3 N–H and O–H groups in total. The minimum Gasteiger partial charge on any atom is -0.409 e. The Morgan fingerprint density at radius 2 is 2.19 bits per heavy atom. The number of pyridine rings is 1. The van der Waals surface area contributed by atoms with Crippen LogP contribution < -0.4 is 10.6 Å². The average molecular weight is 349 g/mol. The van der Waals surface area contributed by atoms with Gasteiger partial charge in [-0.2, -0.15) is 0 Å². The third-order valence-electron chi connectivity index (χ3n) is 3.18. The molecule has 2 aromatic rings. The van der Waals surface area contributed by atoms with Crippen LogP contribution in [0, 0.1) is 6.92 Å². The van der Waals surface area contributed by atoms with Crippen LogP contribution in [0.4, 0.5) is 5.82 Å². The first-order chi connectivity index (χ1) is 10.0. The van der Waals surface area contributed by atoms with Crippen LogP contribution in [0.15, 0.2) is 46.2 Å². The molecule has 110 valence electrons. The zero-order valence-corrected chi connectivity index (χ0v) is 13.5. The highest BCUT2D eigenvalue weighted by Crippen LogP contribution is 2.27. The minimum absolute atomic E-state index is 0.106. The van der Waals surface area contributed by atoms with E-state index in [1.807, 2.05) is 43.1 Å². The van der Waals surface area contributed by atoms with Gasteiger partial charge in [-0.05, 0) is 46.1 Å². The van der Waals surface area contributed by atoms with E-state index in [1.54, 1.807) is 12.3 Å². The van der Waals surface area contributed by atoms with Crippen molar-refractivity contribution in [3.63, 3.8) is 0 Å². The first-order valence-electron chi connectivity index (χ1n) is 6.42. The number of hydrogen-bond acceptors (Lipinski definition) is 4. The van der Waals surface area contributed by atoms with Crippen LogP contribution in [-0.2, 0) is 6.54 Å². The predicted octanol–water partition coefficient (Wildman–Crippen LogP) is 2.88. The maximum Gasteiger partial charge on any atom is 0.170 e. The zero-order valence-electron chi connectivity index (χ0n) is 11.9. The molecule has 0 aliphatic heterocycles. The highest BCUT2D eigenvalue weighted by molar-refractivity contribution is 9.10. The summed E-state index contributed by atoms with van der Waals surface area (Å²) >= 11 is 3.57. The average Bonchev–Trinajstić information content (AvgIpc) is 2.49. The van der Waals surface area contributed by atoms with Crippen LogP contribution in [0.1, 0.15) is 16.7 Å². The molecular weight excluding hydrogens is 332 g/mol. The lowest BCUT2D eigenvalue weighted by molar-refractivity contribution is 0.318. The van der Waals surface area contributed by atoms with Gasteiger partial charge < -0.3 is 15.8 Å². The lowest BCUT2D eigenvalue weighted by Crippen LogP contribution is -2.19. The number of aryl methyl sites for hydroxylation is 1. The summed E-state index contributed by atoms with van der Waals surface area (Å²) in [5, 5.41) is 11.8. The second kappa shape index (κ2) is 6.58. The van der Waals surface area contributed by atoms with Crippen LogP contribution in [0.25, 0.3) is 0 Å². The van der Waals surface area contributed by atoms with Gasteiger partial charge in [-0.1, -0.05) is 23.4 Å². The summed E-state index contributed by atoms with van der Waals surface area (Å²) in [6.07, 6.45) is 1.79. The molecule has 0 unspecified atom stereocenters. The van der Waals surface area contributed by atoms with Crippen molar-refractivity contribution in [2.24, 2.45) is 10.9 Å². The molecule has 21 heavy (non-hydrogen) atoms. The Morgan fingerprint density at radius 3 is 2.90 bits per heavy atom. The largest absolute Gasteiger partial charge is 0.409 e. The molecule has 0 radical (unpaired) electrons. The topological polar surface area (TPSA) is 74.7 Å². The number of nitrogens with two attached hydrogens (primary N) is 1. The summed E-state index contributed by atoms with van der Waals surface area (Å²) in [6.45, 7) is 2.70. The van der Waals surface area contributed by atoms with Crippen LogP contribution in [-0.4, -0.2) is 23.1 Å². The SMILES string of the molecule is Cc1ccnc(N(C)Cc2cccc(/C(N)=N/O)c2)c1Br. The number of benzene rings is 1. The van der Waals surface area contributed by atoms with Gasteiger partial charge in [0.05, 0.1) is 4.47 Å². The van der Waals surface area contributed by atoms with E-state index >= 15 is 0 Å². The van der Waals surface area contributed by atoms with Gasteiger partial charge >= 0.3 is 0 Å². The van der Waals surface area contributed by atoms with Crippen molar-refractivity contribution in [3.8, 4) is 0 Å². The van der Waals surface area contributed by atoms with Crippen LogP contribution in [0.5, 0.6) is 0 Å². The normalized spacial score (nSPS) is 11.5. The molecule has 0 atom stereocenters. The fourth-order valence-electron chi connectivity index (χ4n) is 2.03. The predicted molar refractivity (Wildman–Crippen MR) is 87.7 cm³/mol. The summed E-state index contributed by atoms with van der Waals surface area (Å²) in [5.74, 6) is 0.985. The number of aromatic nitrogens is 1. The Balaban J connectivity index is 2.24. The summed E-state index contributed by atoms with van der Waals surface area (Å²) < 4.78 is 0.986. The highest BCUT2D eigenvalue weighted by atomic mass is 79.9. The van der Waals surface area contributed by atoms with Crippen molar-refractivity contribution in [1.29, 1.82) is 0 Å². The molecule has 1 heterocycles. The number of oxime groups is 1. The van der Waals surface area contributed by atoms with Crippen molar-refractivity contribution >= 4 is 27.6 Å². The maximum atomic E-state index is 8.74. The van der Waals surface area contributed by atoms with E-state index in [9.17, 15) is 0 Å². The lowest BCUT2D eigenvalue weighted by atomic mass is 10.1. The van der Waals surface area contributed by atoms with E-state index in [-0.39, 0.29) is 5.84 Å². The first kappa shape index (κ1) is 15.3. The molecule has 0 saturated heterocycles. The smallest absolute Gasteiger partial charge is 0.170 e.